The lowest BCUT2D eigenvalue weighted by Crippen LogP contribution is -2.55. The van der Waals surface area contributed by atoms with Crippen LogP contribution in [0.5, 0.6) is 0 Å². The first-order chi connectivity index (χ1) is 17.8. The molecule has 0 bridgehead atoms. The predicted octanol–water partition coefficient (Wildman–Crippen LogP) is 3.09. The van der Waals surface area contributed by atoms with Crippen molar-refractivity contribution < 1.29 is 14.4 Å². The molecule has 1 saturated heterocycles. The molecule has 1 aromatic heterocycles. The van der Waals surface area contributed by atoms with E-state index in [9.17, 15) is 14.4 Å². The standard InChI is InChI=1S/C27H33N7O3/c1-17-12-18(13-20-15-28-31-24(17)20)14-23(25(35)32(2)3)30-26(36)33-10-8-21(9-11-33)34-16-19-6-4-5-7-22(19)29-27(34)37/h4-7,12-13,15,21,23H,8-11,14,16H2,1-3H3,(H,28,31)(H,29,37)(H,30,36). The molecule has 3 N–H and O–H groups in total. The second kappa shape index (κ2) is 10.1. The summed E-state index contributed by atoms with van der Waals surface area (Å²) in [6.45, 7) is 3.60. The summed E-state index contributed by atoms with van der Waals surface area (Å²) in [6.07, 6.45) is 3.52. The number of likely N-dealkylation sites (N-methyl/N-ethyl adjacent to an activating group) is 1. The molecular formula is C27H33N7O3. The molecule has 1 atom stereocenters. The van der Waals surface area contributed by atoms with Crippen molar-refractivity contribution in [3.05, 3.63) is 59.3 Å². The van der Waals surface area contributed by atoms with Gasteiger partial charge in [-0.15, -0.1) is 0 Å². The molecule has 194 valence electrons. The Morgan fingerprint density at radius 3 is 2.70 bits per heavy atom. The number of carbonyl (C=O) groups is 3. The Balaban J connectivity index is 1.22. The fourth-order valence-corrected chi connectivity index (χ4v) is 5.32. The monoisotopic (exact) mass is 503 g/mol. The van der Waals surface area contributed by atoms with Gasteiger partial charge in [-0.1, -0.05) is 24.3 Å². The number of amides is 5. The first-order valence-corrected chi connectivity index (χ1v) is 12.6. The quantitative estimate of drug-likeness (QED) is 0.497. The Hall–Kier alpha value is -4.08. The molecule has 2 aromatic carbocycles. The number of aromatic nitrogens is 2. The third kappa shape index (κ3) is 5.09. The van der Waals surface area contributed by atoms with Gasteiger partial charge in [0, 0.05) is 57.3 Å². The van der Waals surface area contributed by atoms with E-state index in [1.165, 1.54) is 4.90 Å². The van der Waals surface area contributed by atoms with E-state index >= 15 is 0 Å². The second-order valence-corrected chi connectivity index (χ2v) is 10.1. The normalized spacial score (nSPS) is 16.8. The summed E-state index contributed by atoms with van der Waals surface area (Å²) >= 11 is 0. The van der Waals surface area contributed by atoms with Crippen LogP contribution in [0.15, 0.2) is 42.6 Å². The van der Waals surface area contributed by atoms with E-state index < -0.39 is 6.04 Å². The smallest absolute Gasteiger partial charge is 0.322 e. The van der Waals surface area contributed by atoms with Gasteiger partial charge in [-0.2, -0.15) is 5.10 Å². The van der Waals surface area contributed by atoms with Gasteiger partial charge in [0.15, 0.2) is 0 Å². The van der Waals surface area contributed by atoms with Gasteiger partial charge in [-0.05, 0) is 48.6 Å². The van der Waals surface area contributed by atoms with Crippen molar-refractivity contribution in [1.82, 2.24) is 30.2 Å². The average molecular weight is 504 g/mol. The SMILES string of the molecule is Cc1cc(CC(NC(=O)N2CCC(N3Cc4ccccc4NC3=O)CC2)C(=O)N(C)C)cc2cn[nH]c12. The molecule has 0 saturated carbocycles. The largest absolute Gasteiger partial charge is 0.347 e. The molecule has 2 aliphatic heterocycles. The highest BCUT2D eigenvalue weighted by Crippen LogP contribution is 2.27. The Morgan fingerprint density at radius 2 is 1.95 bits per heavy atom. The Kier molecular flexibility index (Phi) is 6.73. The van der Waals surface area contributed by atoms with Crippen LogP contribution < -0.4 is 10.6 Å². The van der Waals surface area contributed by atoms with Crippen LogP contribution in [0, 0.1) is 6.92 Å². The van der Waals surface area contributed by atoms with E-state index in [0.29, 0.717) is 38.9 Å². The number of fused-ring (bicyclic) bond motifs is 2. The van der Waals surface area contributed by atoms with Gasteiger partial charge in [0.05, 0.1) is 11.7 Å². The minimum Gasteiger partial charge on any atom is -0.347 e. The van der Waals surface area contributed by atoms with Crippen LogP contribution in [0.3, 0.4) is 0 Å². The summed E-state index contributed by atoms with van der Waals surface area (Å²) in [5.41, 5.74) is 4.92. The lowest BCUT2D eigenvalue weighted by Gasteiger charge is -2.40. The maximum Gasteiger partial charge on any atom is 0.322 e. The number of likely N-dealkylation sites (tertiary alicyclic amines) is 1. The number of rotatable bonds is 5. The van der Waals surface area contributed by atoms with Gasteiger partial charge in [0.1, 0.15) is 6.04 Å². The molecule has 3 heterocycles. The predicted molar refractivity (Wildman–Crippen MR) is 141 cm³/mol. The lowest BCUT2D eigenvalue weighted by atomic mass is 10.00. The van der Waals surface area contributed by atoms with Crippen molar-refractivity contribution in [3.63, 3.8) is 0 Å². The van der Waals surface area contributed by atoms with E-state index in [1.54, 1.807) is 25.2 Å². The fraction of sp³-hybridized carbons (Fsp3) is 0.407. The van der Waals surface area contributed by atoms with Crippen molar-refractivity contribution >= 4 is 34.6 Å². The first-order valence-electron chi connectivity index (χ1n) is 12.6. The number of urea groups is 2. The first kappa shape index (κ1) is 24.6. The molecule has 3 aromatic rings. The highest BCUT2D eigenvalue weighted by atomic mass is 16.2. The number of piperidine rings is 1. The van der Waals surface area contributed by atoms with Crippen molar-refractivity contribution in [2.24, 2.45) is 0 Å². The topological polar surface area (TPSA) is 114 Å². The van der Waals surface area contributed by atoms with E-state index in [-0.39, 0.29) is 24.0 Å². The summed E-state index contributed by atoms with van der Waals surface area (Å²) in [7, 11) is 3.39. The summed E-state index contributed by atoms with van der Waals surface area (Å²) in [6, 6.07) is 10.9. The highest BCUT2D eigenvalue weighted by Gasteiger charge is 2.33. The summed E-state index contributed by atoms with van der Waals surface area (Å²) in [5.74, 6) is -0.156. The minimum absolute atomic E-state index is 0.0567. The third-order valence-electron chi connectivity index (χ3n) is 7.34. The zero-order valence-corrected chi connectivity index (χ0v) is 21.5. The van der Waals surface area contributed by atoms with Crippen LogP contribution in [0.1, 0.15) is 29.5 Å². The van der Waals surface area contributed by atoms with Crippen LogP contribution in [0.25, 0.3) is 10.9 Å². The molecular weight excluding hydrogens is 470 g/mol. The van der Waals surface area contributed by atoms with Crippen molar-refractivity contribution in [2.45, 2.75) is 44.8 Å². The summed E-state index contributed by atoms with van der Waals surface area (Å²) < 4.78 is 0. The lowest BCUT2D eigenvalue weighted by molar-refractivity contribution is -0.130. The third-order valence-corrected chi connectivity index (χ3v) is 7.34. The summed E-state index contributed by atoms with van der Waals surface area (Å²) in [5, 5.41) is 14.0. The van der Waals surface area contributed by atoms with Crippen LogP contribution in [0.4, 0.5) is 15.3 Å². The van der Waals surface area contributed by atoms with E-state index in [2.05, 4.69) is 20.8 Å². The number of hydrogen-bond acceptors (Lipinski definition) is 4. The number of nitrogens with zero attached hydrogens (tertiary/aromatic N) is 4. The minimum atomic E-state index is -0.687. The number of H-pyrrole nitrogens is 1. The van der Waals surface area contributed by atoms with Gasteiger partial charge in [0.25, 0.3) is 0 Å². The molecule has 0 spiro atoms. The number of benzene rings is 2. The maximum atomic E-state index is 13.2. The van der Waals surface area contributed by atoms with Crippen molar-refractivity contribution in [1.29, 1.82) is 0 Å². The van der Waals surface area contributed by atoms with Crippen LogP contribution >= 0.6 is 0 Å². The molecule has 10 heteroatoms. The van der Waals surface area contributed by atoms with E-state index in [4.69, 9.17) is 0 Å². The van der Waals surface area contributed by atoms with Gasteiger partial charge < -0.3 is 25.3 Å². The Morgan fingerprint density at radius 1 is 1.19 bits per heavy atom. The molecule has 37 heavy (non-hydrogen) atoms. The zero-order chi connectivity index (χ0) is 26.1. The highest BCUT2D eigenvalue weighted by molar-refractivity contribution is 5.92. The molecule has 1 unspecified atom stereocenters. The van der Waals surface area contributed by atoms with Gasteiger partial charge in [-0.25, -0.2) is 9.59 Å². The molecule has 5 amide bonds. The van der Waals surface area contributed by atoms with Gasteiger partial charge in [-0.3, -0.25) is 9.89 Å². The molecule has 1 fully saturated rings. The molecule has 2 aliphatic rings. The van der Waals surface area contributed by atoms with Gasteiger partial charge >= 0.3 is 12.1 Å². The van der Waals surface area contributed by atoms with Gasteiger partial charge in [0.2, 0.25) is 5.91 Å². The molecule has 0 aliphatic carbocycles. The van der Waals surface area contributed by atoms with E-state index in [1.807, 2.05) is 48.2 Å². The number of hydrogen-bond donors (Lipinski definition) is 3. The summed E-state index contributed by atoms with van der Waals surface area (Å²) in [4.78, 5) is 44.0. The van der Waals surface area contributed by atoms with Crippen LogP contribution in [-0.2, 0) is 17.8 Å². The fourth-order valence-electron chi connectivity index (χ4n) is 5.32. The number of aromatic amines is 1. The zero-order valence-electron chi connectivity index (χ0n) is 21.5. The van der Waals surface area contributed by atoms with Crippen molar-refractivity contribution in [3.8, 4) is 0 Å². The van der Waals surface area contributed by atoms with Crippen LogP contribution in [-0.4, -0.2) is 82.1 Å². The second-order valence-electron chi connectivity index (χ2n) is 10.1. The number of anilines is 1. The molecule has 5 rings (SSSR count). The van der Waals surface area contributed by atoms with Crippen LogP contribution in [0.2, 0.25) is 0 Å². The maximum absolute atomic E-state index is 13.2. The Labute approximate surface area is 216 Å². The molecule has 10 nitrogen and oxygen atoms in total. The number of aryl methyl sites for hydroxylation is 1. The number of carbonyl (C=O) groups excluding carboxylic acids is 3. The number of para-hydroxylation sites is 1. The Bertz CT molecular complexity index is 1330. The van der Waals surface area contributed by atoms with E-state index in [0.717, 1.165) is 33.3 Å². The molecule has 0 radical (unpaired) electrons. The van der Waals surface area contributed by atoms with Crippen molar-refractivity contribution in [2.75, 3.05) is 32.5 Å². The number of nitrogens with one attached hydrogen (secondary N) is 3. The average Bonchev–Trinajstić information content (AvgIpc) is 3.37.